The van der Waals surface area contributed by atoms with E-state index in [0.29, 0.717) is 0 Å². The van der Waals surface area contributed by atoms with Crippen LogP contribution in [-0.4, -0.2) is 18.1 Å². The number of H-pyrrole nitrogens is 1. The summed E-state index contributed by atoms with van der Waals surface area (Å²) in [5.41, 5.74) is -0.811. The molecule has 2 aromatic rings. The fraction of sp³-hybridized carbons (Fsp3) is 0.0769. The highest BCUT2D eigenvalue weighted by Gasteiger charge is 2.15. The van der Waals surface area contributed by atoms with Gasteiger partial charge in [0.25, 0.3) is 5.56 Å². The summed E-state index contributed by atoms with van der Waals surface area (Å²) in [5, 5.41) is 0. The van der Waals surface area contributed by atoms with Crippen LogP contribution < -0.4 is 5.56 Å². The SMILES string of the molecule is COC(=O)c1cc(-c2cccc(F)c2F)c[nH]c1=O. The average Bonchev–Trinajstić information content (AvgIpc) is 2.42. The molecule has 0 saturated heterocycles. The van der Waals surface area contributed by atoms with Gasteiger partial charge in [0.2, 0.25) is 0 Å². The Morgan fingerprint density at radius 1 is 1.32 bits per heavy atom. The van der Waals surface area contributed by atoms with Crippen LogP contribution in [0.1, 0.15) is 10.4 Å². The summed E-state index contributed by atoms with van der Waals surface area (Å²) in [7, 11) is 1.12. The molecule has 1 aromatic heterocycles. The average molecular weight is 265 g/mol. The number of aromatic nitrogens is 1. The monoisotopic (exact) mass is 265 g/mol. The zero-order chi connectivity index (χ0) is 14.0. The second-order valence-corrected chi connectivity index (χ2v) is 3.72. The third-order valence-corrected chi connectivity index (χ3v) is 2.57. The first-order valence-electron chi connectivity index (χ1n) is 5.30. The van der Waals surface area contributed by atoms with E-state index in [1.165, 1.54) is 18.3 Å². The van der Waals surface area contributed by atoms with Crippen LogP contribution in [0.3, 0.4) is 0 Å². The van der Waals surface area contributed by atoms with Crippen LogP contribution in [0.15, 0.2) is 35.3 Å². The predicted octanol–water partition coefficient (Wildman–Crippen LogP) is 2.11. The second-order valence-electron chi connectivity index (χ2n) is 3.72. The highest BCUT2D eigenvalue weighted by Crippen LogP contribution is 2.23. The third-order valence-electron chi connectivity index (χ3n) is 2.57. The Balaban J connectivity index is 2.61. The van der Waals surface area contributed by atoms with E-state index in [0.717, 1.165) is 19.2 Å². The summed E-state index contributed by atoms with van der Waals surface area (Å²) in [6, 6.07) is 4.80. The summed E-state index contributed by atoms with van der Waals surface area (Å²) in [6.07, 6.45) is 1.20. The van der Waals surface area contributed by atoms with Gasteiger partial charge in [-0.25, -0.2) is 13.6 Å². The summed E-state index contributed by atoms with van der Waals surface area (Å²) >= 11 is 0. The van der Waals surface area contributed by atoms with Crippen molar-refractivity contribution in [3.63, 3.8) is 0 Å². The molecule has 0 aliphatic carbocycles. The van der Waals surface area contributed by atoms with Crippen molar-refractivity contribution in [1.82, 2.24) is 4.98 Å². The Bertz CT molecular complexity index is 695. The number of halogens is 2. The lowest BCUT2D eigenvalue weighted by Gasteiger charge is -2.05. The lowest BCUT2D eigenvalue weighted by molar-refractivity contribution is 0.0598. The first-order chi connectivity index (χ1) is 9.04. The lowest BCUT2D eigenvalue weighted by Crippen LogP contribution is -2.18. The largest absolute Gasteiger partial charge is 0.465 e. The van der Waals surface area contributed by atoms with Gasteiger partial charge < -0.3 is 9.72 Å². The van der Waals surface area contributed by atoms with E-state index in [9.17, 15) is 18.4 Å². The fourth-order valence-corrected chi connectivity index (χ4v) is 1.63. The number of methoxy groups -OCH3 is 1. The molecule has 6 heteroatoms. The van der Waals surface area contributed by atoms with E-state index in [-0.39, 0.29) is 16.7 Å². The molecule has 0 spiro atoms. The van der Waals surface area contributed by atoms with Gasteiger partial charge in [0.05, 0.1) is 7.11 Å². The molecule has 0 saturated carbocycles. The van der Waals surface area contributed by atoms with Crippen molar-refractivity contribution in [3.8, 4) is 11.1 Å². The third kappa shape index (κ3) is 2.37. The number of carbonyl (C=O) groups is 1. The number of rotatable bonds is 2. The normalized spacial score (nSPS) is 10.3. The number of ether oxygens (including phenoxy) is 1. The van der Waals surface area contributed by atoms with Crippen LogP contribution in [0, 0.1) is 11.6 Å². The number of pyridine rings is 1. The molecule has 0 aliphatic rings. The first kappa shape index (κ1) is 12.9. The van der Waals surface area contributed by atoms with Gasteiger partial charge in [-0.15, -0.1) is 0 Å². The summed E-state index contributed by atoms with van der Waals surface area (Å²) in [5.74, 6) is -2.91. The van der Waals surface area contributed by atoms with Gasteiger partial charge in [-0.3, -0.25) is 4.79 Å². The minimum absolute atomic E-state index is 0.0543. The van der Waals surface area contributed by atoms with Gasteiger partial charge in [-0.05, 0) is 12.1 Å². The molecule has 98 valence electrons. The molecule has 0 amide bonds. The zero-order valence-corrected chi connectivity index (χ0v) is 9.87. The molecule has 0 fully saturated rings. The smallest absolute Gasteiger partial charge is 0.343 e. The standard InChI is InChI=1S/C13H9F2NO3/c1-19-13(18)9-5-7(6-16-12(9)17)8-3-2-4-10(14)11(8)15/h2-6H,1H3,(H,16,17). The Morgan fingerprint density at radius 2 is 2.05 bits per heavy atom. The Labute approximate surface area is 106 Å². The van der Waals surface area contributed by atoms with E-state index in [4.69, 9.17) is 0 Å². The number of benzene rings is 1. The quantitative estimate of drug-likeness (QED) is 0.846. The van der Waals surface area contributed by atoms with E-state index >= 15 is 0 Å². The summed E-state index contributed by atoms with van der Waals surface area (Å²) in [4.78, 5) is 25.1. The van der Waals surface area contributed by atoms with Gasteiger partial charge in [-0.2, -0.15) is 0 Å². The van der Waals surface area contributed by atoms with Crippen molar-refractivity contribution in [2.24, 2.45) is 0 Å². The maximum absolute atomic E-state index is 13.6. The highest BCUT2D eigenvalue weighted by atomic mass is 19.2. The van der Waals surface area contributed by atoms with Crippen molar-refractivity contribution in [1.29, 1.82) is 0 Å². The lowest BCUT2D eigenvalue weighted by atomic mass is 10.1. The van der Waals surface area contributed by atoms with Gasteiger partial charge >= 0.3 is 5.97 Å². The molecule has 0 radical (unpaired) electrons. The van der Waals surface area contributed by atoms with Crippen LogP contribution in [-0.2, 0) is 4.74 Å². The van der Waals surface area contributed by atoms with Crippen LogP contribution in [0.5, 0.6) is 0 Å². The number of aromatic amines is 1. The highest BCUT2D eigenvalue weighted by molar-refractivity contribution is 5.90. The van der Waals surface area contributed by atoms with Gasteiger partial charge in [-0.1, -0.05) is 12.1 Å². The Kier molecular flexibility index (Phi) is 3.41. The number of hydrogen-bond acceptors (Lipinski definition) is 3. The minimum Gasteiger partial charge on any atom is -0.465 e. The number of esters is 1. The van der Waals surface area contributed by atoms with E-state index < -0.39 is 23.2 Å². The maximum atomic E-state index is 13.6. The first-order valence-corrected chi connectivity index (χ1v) is 5.30. The predicted molar refractivity (Wildman–Crippen MR) is 63.8 cm³/mol. The Hall–Kier alpha value is -2.50. The maximum Gasteiger partial charge on any atom is 0.343 e. The molecule has 0 bridgehead atoms. The van der Waals surface area contributed by atoms with Crippen molar-refractivity contribution in [3.05, 3.63) is 58.0 Å². The van der Waals surface area contributed by atoms with Crippen LogP contribution >= 0.6 is 0 Å². The number of hydrogen-bond donors (Lipinski definition) is 1. The molecule has 0 atom stereocenters. The van der Waals surface area contributed by atoms with E-state index in [2.05, 4.69) is 9.72 Å². The van der Waals surface area contributed by atoms with E-state index in [1.807, 2.05) is 0 Å². The molecule has 2 rings (SSSR count). The van der Waals surface area contributed by atoms with Crippen molar-refractivity contribution in [2.45, 2.75) is 0 Å². The van der Waals surface area contributed by atoms with Crippen molar-refractivity contribution >= 4 is 5.97 Å². The molecule has 1 heterocycles. The number of nitrogens with one attached hydrogen (secondary N) is 1. The van der Waals surface area contributed by atoms with Gasteiger partial charge in [0, 0.05) is 17.3 Å². The number of carbonyl (C=O) groups excluding carboxylic acids is 1. The molecule has 4 nitrogen and oxygen atoms in total. The summed E-state index contributed by atoms with van der Waals surface area (Å²) < 4.78 is 31.2. The van der Waals surface area contributed by atoms with E-state index in [1.54, 1.807) is 0 Å². The minimum atomic E-state index is -1.05. The second kappa shape index (κ2) is 5.01. The van der Waals surface area contributed by atoms with Crippen LogP contribution in [0.25, 0.3) is 11.1 Å². The van der Waals surface area contributed by atoms with Crippen LogP contribution in [0.2, 0.25) is 0 Å². The summed E-state index contributed by atoms with van der Waals surface area (Å²) in [6.45, 7) is 0. The molecule has 1 aromatic carbocycles. The fourth-order valence-electron chi connectivity index (χ4n) is 1.63. The molecular weight excluding hydrogens is 256 g/mol. The molecule has 19 heavy (non-hydrogen) atoms. The topological polar surface area (TPSA) is 59.2 Å². The molecule has 1 N–H and O–H groups in total. The molecular formula is C13H9F2NO3. The van der Waals surface area contributed by atoms with Gasteiger partial charge in [0.1, 0.15) is 5.56 Å². The molecule has 0 aliphatic heterocycles. The van der Waals surface area contributed by atoms with Crippen LogP contribution in [0.4, 0.5) is 8.78 Å². The Morgan fingerprint density at radius 3 is 2.74 bits per heavy atom. The van der Waals surface area contributed by atoms with Crippen molar-refractivity contribution < 1.29 is 18.3 Å². The van der Waals surface area contributed by atoms with Crippen molar-refractivity contribution in [2.75, 3.05) is 7.11 Å². The molecule has 0 unspecified atom stereocenters. The van der Waals surface area contributed by atoms with Gasteiger partial charge in [0.15, 0.2) is 11.6 Å². The zero-order valence-electron chi connectivity index (χ0n) is 9.87.